The van der Waals surface area contributed by atoms with Gasteiger partial charge in [0.1, 0.15) is 10.9 Å². The predicted molar refractivity (Wildman–Crippen MR) is 93.8 cm³/mol. The number of para-hydroxylation sites is 1. The molecule has 1 fully saturated rings. The van der Waals surface area contributed by atoms with Crippen molar-refractivity contribution in [2.75, 3.05) is 13.1 Å². The molecule has 1 aliphatic rings. The summed E-state index contributed by atoms with van der Waals surface area (Å²) in [6, 6.07) is 11.6. The van der Waals surface area contributed by atoms with Crippen molar-refractivity contribution >= 4 is 17.6 Å². The first-order valence-corrected chi connectivity index (χ1v) is 8.17. The lowest BCUT2D eigenvalue weighted by molar-refractivity contribution is -0.423. The van der Waals surface area contributed by atoms with E-state index in [1.165, 1.54) is 0 Å². The van der Waals surface area contributed by atoms with Gasteiger partial charge in [-0.05, 0) is 23.8 Å². The standard InChI is InChI=1S/C17H15ClN4O4/c18-14-7-6-12(10-20-14)11-21-9-8-19-16(21)15(22(24)25)17(23)26-13-4-2-1-3-5-13/h1-7,10,19H,8-9,11H2/b16-15+. The number of carbonyl (C=O) groups is 1. The molecule has 0 atom stereocenters. The van der Waals surface area contributed by atoms with Gasteiger partial charge in [-0.25, -0.2) is 9.78 Å². The predicted octanol–water partition coefficient (Wildman–Crippen LogP) is 2.19. The molecule has 1 aliphatic heterocycles. The molecule has 134 valence electrons. The molecule has 2 heterocycles. The van der Waals surface area contributed by atoms with E-state index in [1.54, 1.807) is 53.6 Å². The van der Waals surface area contributed by atoms with Gasteiger partial charge >= 0.3 is 11.7 Å². The van der Waals surface area contributed by atoms with Gasteiger partial charge < -0.3 is 15.0 Å². The van der Waals surface area contributed by atoms with Gasteiger partial charge in [0.2, 0.25) is 0 Å². The van der Waals surface area contributed by atoms with Crippen LogP contribution < -0.4 is 10.1 Å². The second-order valence-electron chi connectivity index (χ2n) is 5.49. The van der Waals surface area contributed by atoms with Crippen LogP contribution in [0, 0.1) is 10.1 Å². The van der Waals surface area contributed by atoms with Crippen molar-refractivity contribution < 1.29 is 14.5 Å². The molecule has 1 N–H and O–H groups in total. The molecule has 0 radical (unpaired) electrons. The fourth-order valence-corrected chi connectivity index (χ4v) is 2.66. The third kappa shape index (κ3) is 4.09. The van der Waals surface area contributed by atoms with Crippen LogP contribution in [0.5, 0.6) is 5.75 Å². The molecule has 1 aromatic heterocycles. The summed E-state index contributed by atoms with van der Waals surface area (Å²) < 4.78 is 5.13. The van der Waals surface area contributed by atoms with E-state index in [4.69, 9.17) is 16.3 Å². The number of hydrogen-bond donors (Lipinski definition) is 1. The lowest BCUT2D eigenvalue weighted by Crippen LogP contribution is -2.29. The maximum atomic E-state index is 12.4. The Morgan fingerprint density at radius 1 is 1.31 bits per heavy atom. The van der Waals surface area contributed by atoms with Crippen LogP contribution in [0.25, 0.3) is 0 Å². The smallest absolute Gasteiger partial charge is 0.418 e. The van der Waals surface area contributed by atoms with Crippen molar-refractivity contribution in [3.8, 4) is 5.75 Å². The van der Waals surface area contributed by atoms with E-state index in [1.807, 2.05) is 0 Å². The maximum absolute atomic E-state index is 12.4. The van der Waals surface area contributed by atoms with Gasteiger partial charge in [0.05, 0.1) is 4.92 Å². The number of esters is 1. The summed E-state index contributed by atoms with van der Waals surface area (Å²) in [7, 11) is 0. The number of nitro groups is 1. The van der Waals surface area contributed by atoms with Crippen LogP contribution in [0.1, 0.15) is 5.56 Å². The zero-order chi connectivity index (χ0) is 18.5. The molecule has 2 aromatic rings. The number of aromatic nitrogens is 1. The molecule has 1 aromatic carbocycles. The monoisotopic (exact) mass is 374 g/mol. The molecule has 3 rings (SSSR count). The van der Waals surface area contributed by atoms with E-state index in [2.05, 4.69) is 10.3 Å². The van der Waals surface area contributed by atoms with E-state index in [0.29, 0.717) is 24.8 Å². The van der Waals surface area contributed by atoms with Crippen molar-refractivity contribution in [1.29, 1.82) is 0 Å². The molecule has 9 heteroatoms. The molecule has 0 aliphatic carbocycles. The third-order valence-electron chi connectivity index (χ3n) is 3.71. The molecule has 8 nitrogen and oxygen atoms in total. The summed E-state index contributed by atoms with van der Waals surface area (Å²) in [5, 5.41) is 14.8. The molecular formula is C17H15ClN4O4. The Morgan fingerprint density at radius 3 is 2.73 bits per heavy atom. The van der Waals surface area contributed by atoms with Gasteiger partial charge in [-0.2, -0.15) is 0 Å². The molecule has 1 saturated heterocycles. The van der Waals surface area contributed by atoms with Gasteiger partial charge in [0.25, 0.3) is 0 Å². The Morgan fingerprint density at radius 2 is 2.08 bits per heavy atom. The SMILES string of the molecule is O=C(Oc1ccccc1)/C(=C1/NCCN1Cc1ccc(Cl)nc1)[N+](=O)[O-]. The van der Waals surface area contributed by atoms with Crippen molar-refractivity contribution in [1.82, 2.24) is 15.2 Å². The second-order valence-corrected chi connectivity index (χ2v) is 5.88. The van der Waals surface area contributed by atoms with Crippen molar-refractivity contribution in [3.63, 3.8) is 0 Å². The van der Waals surface area contributed by atoms with Crippen LogP contribution in [-0.2, 0) is 11.3 Å². The third-order valence-corrected chi connectivity index (χ3v) is 3.93. The van der Waals surface area contributed by atoms with Gasteiger partial charge in [-0.1, -0.05) is 35.9 Å². The van der Waals surface area contributed by atoms with Crippen LogP contribution in [-0.4, -0.2) is 33.9 Å². The lowest BCUT2D eigenvalue weighted by atomic mass is 10.2. The number of nitrogens with zero attached hydrogens (tertiary/aromatic N) is 3. The number of hydrogen-bond acceptors (Lipinski definition) is 7. The molecule has 0 bridgehead atoms. The van der Waals surface area contributed by atoms with E-state index in [0.717, 1.165) is 5.56 Å². The number of ether oxygens (including phenoxy) is 1. The minimum absolute atomic E-state index is 0.130. The Balaban J connectivity index is 1.85. The Labute approximate surface area is 154 Å². The summed E-state index contributed by atoms with van der Waals surface area (Å²) in [6.45, 7) is 1.34. The number of rotatable bonds is 5. The van der Waals surface area contributed by atoms with Gasteiger partial charge in [0, 0.05) is 25.8 Å². The van der Waals surface area contributed by atoms with Gasteiger partial charge in [-0.3, -0.25) is 10.1 Å². The Bertz CT molecular complexity index is 840. The first-order chi connectivity index (χ1) is 12.5. The number of carbonyl (C=O) groups excluding carboxylic acids is 1. The average molecular weight is 375 g/mol. The van der Waals surface area contributed by atoms with Crippen molar-refractivity contribution in [2.45, 2.75) is 6.54 Å². The number of halogens is 1. The Kier molecular flexibility index (Phi) is 5.33. The van der Waals surface area contributed by atoms with E-state index >= 15 is 0 Å². The second kappa shape index (κ2) is 7.83. The zero-order valence-corrected chi connectivity index (χ0v) is 14.3. The lowest BCUT2D eigenvalue weighted by Gasteiger charge is -2.18. The summed E-state index contributed by atoms with van der Waals surface area (Å²) in [6.07, 6.45) is 1.59. The molecule has 0 unspecified atom stereocenters. The molecule has 0 amide bonds. The minimum Gasteiger partial charge on any atom is -0.418 e. The topological polar surface area (TPSA) is 97.6 Å². The van der Waals surface area contributed by atoms with E-state index < -0.39 is 16.6 Å². The summed E-state index contributed by atoms with van der Waals surface area (Å²) in [5.74, 6) is -0.653. The van der Waals surface area contributed by atoms with Crippen molar-refractivity contribution in [2.24, 2.45) is 0 Å². The molecule has 0 saturated carbocycles. The summed E-state index contributed by atoms with van der Waals surface area (Å²) in [5.41, 5.74) is 0.183. The van der Waals surface area contributed by atoms with Crippen LogP contribution in [0.15, 0.2) is 60.2 Å². The fourth-order valence-electron chi connectivity index (χ4n) is 2.55. The highest BCUT2D eigenvalue weighted by Gasteiger charge is 2.35. The minimum atomic E-state index is -1.02. The zero-order valence-electron chi connectivity index (χ0n) is 13.6. The molecular weight excluding hydrogens is 360 g/mol. The highest BCUT2D eigenvalue weighted by atomic mass is 35.5. The fraction of sp³-hybridized carbons (Fsp3) is 0.176. The highest BCUT2D eigenvalue weighted by molar-refractivity contribution is 6.29. The summed E-state index contributed by atoms with van der Waals surface area (Å²) >= 11 is 5.77. The van der Waals surface area contributed by atoms with Gasteiger partial charge in [0.15, 0.2) is 5.82 Å². The number of benzene rings is 1. The summed E-state index contributed by atoms with van der Waals surface area (Å²) in [4.78, 5) is 28.8. The van der Waals surface area contributed by atoms with Crippen molar-refractivity contribution in [3.05, 3.63) is 81.0 Å². The number of pyridine rings is 1. The van der Waals surface area contributed by atoms with Gasteiger partial charge in [-0.15, -0.1) is 0 Å². The quantitative estimate of drug-likeness (QED) is 0.214. The normalized spacial score (nSPS) is 15.3. The van der Waals surface area contributed by atoms with Crippen LogP contribution in [0.4, 0.5) is 0 Å². The van der Waals surface area contributed by atoms with E-state index in [9.17, 15) is 14.9 Å². The van der Waals surface area contributed by atoms with E-state index in [-0.39, 0.29) is 11.6 Å². The number of nitrogens with one attached hydrogen (secondary N) is 1. The molecule has 0 spiro atoms. The van der Waals surface area contributed by atoms with Crippen LogP contribution >= 0.6 is 11.6 Å². The molecule has 26 heavy (non-hydrogen) atoms. The largest absolute Gasteiger partial charge is 0.419 e. The Hall–Kier alpha value is -3.13. The van der Waals surface area contributed by atoms with Crippen LogP contribution in [0.3, 0.4) is 0 Å². The highest BCUT2D eigenvalue weighted by Crippen LogP contribution is 2.20. The first-order valence-electron chi connectivity index (χ1n) is 7.80. The average Bonchev–Trinajstić information content (AvgIpc) is 3.05. The maximum Gasteiger partial charge on any atom is 0.419 e. The van der Waals surface area contributed by atoms with Crippen LogP contribution in [0.2, 0.25) is 5.15 Å². The first kappa shape index (κ1) is 17.7.